The average molecular weight is 428 g/mol. The second-order valence-electron chi connectivity index (χ2n) is 6.09. The first-order chi connectivity index (χ1) is 15.0. The van der Waals surface area contributed by atoms with Crippen molar-refractivity contribution in [2.45, 2.75) is 0 Å². The first-order valence-electron chi connectivity index (χ1n) is 9.28. The molecule has 0 aliphatic heterocycles. The smallest absolute Gasteiger partial charge is 0.329 e. The van der Waals surface area contributed by atoms with Crippen LogP contribution in [0.25, 0.3) is 0 Å². The zero-order valence-corrected chi connectivity index (χ0v) is 17.2. The summed E-state index contributed by atoms with van der Waals surface area (Å²) < 4.78 is 15.3. The van der Waals surface area contributed by atoms with Crippen LogP contribution in [0.15, 0.2) is 53.6 Å². The second-order valence-corrected chi connectivity index (χ2v) is 6.09. The molecule has 3 amide bonds. The van der Waals surface area contributed by atoms with Gasteiger partial charge in [-0.25, -0.2) is 5.43 Å². The van der Waals surface area contributed by atoms with Crippen molar-refractivity contribution >= 4 is 29.6 Å². The van der Waals surface area contributed by atoms with Crippen LogP contribution in [0.2, 0.25) is 0 Å². The molecular weight excluding hydrogens is 404 g/mol. The first kappa shape index (κ1) is 23.4. The van der Waals surface area contributed by atoms with Gasteiger partial charge in [-0.3, -0.25) is 14.4 Å². The Balaban J connectivity index is 1.75. The number of amides is 3. The Hall–Kier alpha value is -3.92. The highest BCUT2D eigenvalue weighted by Gasteiger charge is 2.11. The molecule has 0 heterocycles. The second kappa shape index (κ2) is 12.6. The number of carbonyl (C=O) groups excluding carboxylic acids is 3. The number of hydrogen-bond acceptors (Lipinski definition) is 7. The molecule has 0 saturated heterocycles. The van der Waals surface area contributed by atoms with Crippen molar-refractivity contribution in [3.8, 4) is 11.5 Å². The van der Waals surface area contributed by atoms with Crippen LogP contribution < -0.4 is 25.5 Å². The van der Waals surface area contributed by atoms with Gasteiger partial charge in [0.15, 0.2) is 6.61 Å². The third kappa shape index (κ3) is 8.54. The number of benzene rings is 2. The van der Waals surface area contributed by atoms with E-state index in [1.165, 1.54) is 13.3 Å². The van der Waals surface area contributed by atoms with E-state index in [1.807, 2.05) is 0 Å². The molecule has 0 aromatic heterocycles. The highest BCUT2D eigenvalue weighted by Crippen LogP contribution is 2.17. The van der Waals surface area contributed by atoms with E-state index in [2.05, 4.69) is 21.2 Å². The fourth-order valence-corrected chi connectivity index (χ4v) is 2.26. The van der Waals surface area contributed by atoms with E-state index in [0.717, 1.165) is 0 Å². The van der Waals surface area contributed by atoms with Gasteiger partial charge in [0.25, 0.3) is 5.91 Å². The summed E-state index contributed by atoms with van der Waals surface area (Å²) in [6, 6.07) is 13.7. The third-order valence-corrected chi connectivity index (χ3v) is 3.78. The standard InChI is InChI=1S/C21H24N4O6/c1-29-11-10-22-20(27)21(28)25-23-13-15-6-8-17(9-7-15)31-14-19(26)24-16-4-3-5-18(12-16)30-2/h3-9,12-13H,10-11,14H2,1-2H3,(H,22,27)(H,24,26)(H,25,28)/b23-13-. The molecule has 10 heteroatoms. The Bertz CT molecular complexity index is 914. The summed E-state index contributed by atoms with van der Waals surface area (Å²) in [5, 5.41) is 8.82. The van der Waals surface area contributed by atoms with Gasteiger partial charge in [0, 0.05) is 25.4 Å². The van der Waals surface area contributed by atoms with Gasteiger partial charge in [-0.05, 0) is 42.0 Å². The Morgan fingerprint density at radius 1 is 1.00 bits per heavy atom. The van der Waals surface area contributed by atoms with Crippen LogP contribution >= 0.6 is 0 Å². The van der Waals surface area contributed by atoms with E-state index in [9.17, 15) is 14.4 Å². The number of carbonyl (C=O) groups is 3. The van der Waals surface area contributed by atoms with Crippen LogP contribution in [0, 0.1) is 0 Å². The number of hydrazone groups is 1. The van der Waals surface area contributed by atoms with Gasteiger partial charge >= 0.3 is 11.8 Å². The molecule has 2 aromatic rings. The summed E-state index contributed by atoms with van der Waals surface area (Å²) in [7, 11) is 3.04. The molecule has 3 N–H and O–H groups in total. The predicted molar refractivity (Wildman–Crippen MR) is 114 cm³/mol. The molecule has 0 bridgehead atoms. The van der Waals surface area contributed by atoms with Crippen molar-refractivity contribution in [2.75, 3.05) is 39.3 Å². The van der Waals surface area contributed by atoms with Crippen LogP contribution in [-0.4, -0.2) is 57.9 Å². The van der Waals surface area contributed by atoms with Gasteiger partial charge in [0.2, 0.25) is 0 Å². The van der Waals surface area contributed by atoms with E-state index in [4.69, 9.17) is 14.2 Å². The number of methoxy groups -OCH3 is 2. The lowest BCUT2D eigenvalue weighted by atomic mass is 10.2. The Labute approximate surface area is 179 Å². The van der Waals surface area contributed by atoms with Crippen molar-refractivity contribution in [1.29, 1.82) is 0 Å². The predicted octanol–water partition coefficient (Wildman–Crippen LogP) is 0.925. The van der Waals surface area contributed by atoms with Gasteiger partial charge in [-0.2, -0.15) is 5.10 Å². The first-order valence-corrected chi connectivity index (χ1v) is 9.28. The normalized spacial score (nSPS) is 10.4. The fraction of sp³-hybridized carbons (Fsp3) is 0.238. The molecule has 0 unspecified atom stereocenters. The Morgan fingerprint density at radius 3 is 2.48 bits per heavy atom. The SMILES string of the molecule is COCCNC(=O)C(=O)N/N=C\c1ccc(OCC(=O)Nc2cccc(OC)c2)cc1. The molecule has 0 fully saturated rings. The van der Waals surface area contributed by atoms with Crippen LogP contribution in [0.4, 0.5) is 5.69 Å². The van der Waals surface area contributed by atoms with Crippen molar-refractivity contribution < 1.29 is 28.6 Å². The number of anilines is 1. The summed E-state index contributed by atoms with van der Waals surface area (Å²) in [5.74, 6) is -0.872. The number of nitrogens with zero attached hydrogens (tertiary/aromatic N) is 1. The molecule has 164 valence electrons. The third-order valence-electron chi connectivity index (χ3n) is 3.78. The van der Waals surface area contributed by atoms with Crippen LogP contribution in [0.5, 0.6) is 11.5 Å². The van der Waals surface area contributed by atoms with Crippen molar-refractivity contribution in [3.63, 3.8) is 0 Å². The Morgan fingerprint density at radius 2 is 1.77 bits per heavy atom. The molecule has 31 heavy (non-hydrogen) atoms. The number of ether oxygens (including phenoxy) is 3. The largest absolute Gasteiger partial charge is 0.497 e. The maximum atomic E-state index is 12.0. The molecule has 0 aliphatic rings. The van der Waals surface area contributed by atoms with Crippen molar-refractivity contribution in [1.82, 2.24) is 10.7 Å². The summed E-state index contributed by atoms with van der Waals surface area (Å²) >= 11 is 0. The number of hydrogen-bond donors (Lipinski definition) is 3. The monoisotopic (exact) mass is 428 g/mol. The van der Waals surface area contributed by atoms with E-state index in [1.54, 1.807) is 55.6 Å². The highest BCUT2D eigenvalue weighted by atomic mass is 16.5. The quantitative estimate of drug-likeness (QED) is 0.224. The van der Waals surface area contributed by atoms with E-state index in [0.29, 0.717) is 29.4 Å². The summed E-state index contributed by atoms with van der Waals surface area (Å²) in [4.78, 5) is 35.0. The van der Waals surface area contributed by atoms with E-state index < -0.39 is 11.8 Å². The maximum absolute atomic E-state index is 12.0. The van der Waals surface area contributed by atoms with Crippen molar-refractivity contribution in [3.05, 3.63) is 54.1 Å². The lowest BCUT2D eigenvalue weighted by molar-refractivity contribution is -0.139. The van der Waals surface area contributed by atoms with Crippen LogP contribution in [-0.2, 0) is 19.1 Å². The van der Waals surface area contributed by atoms with Crippen LogP contribution in [0.3, 0.4) is 0 Å². The minimum absolute atomic E-state index is 0.168. The molecule has 0 saturated carbocycles. The van der Waals surface area contributed by atoms with E-state index >= 15 is 0 Å². The molecule has 2 aromatic carbocycles. The zero-order valence-electron chi connectivity index (χ0n) is 17.2. The minimum atomic E-state index is -0.880. The minimum Gasteiger partial charge on any atom is -0.497 e. The van der Waals surface area contributed by atoms with E-state index in [-0.39, 0.29) is 19.1 Å². The van der Waals surface area contributed by atoms with Gasteiger partial charge in [0.05, 0.1) is 19.9 Å². The number of rotatable bonds is 10. The summed E-state index contributed by atoms with van der Waals surface area (Å²) in [6.45, 7) is 0.365. The fourth-order valence-electron chi connectivity index (χ4n) is 2.26. The topological polar surface area (TPSA) is 127 Å². The maximum Gasteiger partial charge on any atom is 0.329 e. The Kier molecular flexibility index (Phi) is 9.50. The summed E-state index contributed by atoms with van der Waals surface area (Å²) in [6.07, 6.45) is 1.37. The molecule has 0 atom stereocenters. The van der Waals surface area contributed by atoms with Crippen LogP contribution in [0.1, 0.15) is 5.56 Å². The summed E-state index contributed by atoms with van der Waals surface area (Å²) in [5.41, 5.74) is 3.39. The molecule has 10 nitrogen and oxygen atoms in total. The lowest BCUT2D eigenvalue weighted by Crippen LogP contribution is -2.39. The van der Waals surface area contributed by atoms with Gasteiger partial charge in [-0.1, -0.05) is 6.07 Å². The average Bonchev–Trinajstić information content (AvgIpc) is 2.78. The van der Waals surface area contributed by atoms with Gasteiger partial charge in [-0.15, -0.1) is 0 Å². The van der Waals surface area contributed by atoms with Crippen molar-refractivity contribution in [2.24, 2.45) is 5.10 Å². The van der Waals surface area contributed by atoms with Gasteiger partial charge in [0.1, 0.15) is 11.5 Å². The molecule has 0 aliphatic carbocycles. The molecular formula is C21H24N4O6. The zero-order chi connectivity index (χ0) is 22.5. The molecule has 2 rings (SSSR count). The lowest BCUT2D eigenvalue weighted by Gasteiger charge is -2.08. The number of nitrogens with one attached hydrogen (secondary N) is 3. The highest BCUT2D eigenvalue weighted by molar-refractivity contribution is 6.35. The molecule has 0 radical (unpaired) electrons. The molecule has 0 spiro atoms. The van der Waals surface area contributed by atoms with Gasteiger partial charge < -0.3 is 24.8 Å².